The average molecular weight is 469 g/mol. The predicted octanol–water partition coefficient (Wildman–Crippen LogP) is 5.41. The lowest BCUT2D eigenvalue weighted by molar-refractivity contribution is 0.101. The monoisotopic (exact) mass is 469 g/mol. The molecule has 0 atom stereocenters. The van der Waals surface area contributed by atoms with Crippen molar-refractivity contribution in [3.63, 3.8) is 0 Å². The number of anilines is 2. The molecule has 0 bridgehead atoms. The number of carbonyl (C=O) groups is 2. The fourth-order valence-electron chi connectivity index (χ4n) is 3.48. The molecule has 7 nitrogen and oxygen atoms in total. The fourth-order valence-corrected chi connectivity index (χ4v) is 3.48. The van der Waals surface area contributed by atoms with Crippen LogP contribution in [0, 0.1) is 11.6 Å². The lowest BCUT2D eigenvalue weighted by Crippen LogP contribution is -2.13. The Morgan fingerprint density at radius 3 is 2.34 bits per heavy atom. The molecule has 0 fully saturated rings. The van der Waals surface area contributed by atoms with Gasteiger partial charge in [0.25, 0.3) is 11.8 Å². The van der Waals surface area contributed by atoms with Gasteiger partial charge in [0, 0.05) is 28.9 Å². The number of halogens is 2. The van der Waals surface area contributed by atoms with Crippen LogP contribution in [0.3, 0.4) is 0 Å². The predicted molar refractivity (Wildman–Crippen MR) is 128 cm³/mol. The topological polar surface area (TPSA) is 99.8 Å². The molecule has 0 aliphatic heterocycles. The number of fused-ring (bicyclic) bond motifs is 1. The third-order valence-corrected chi connectivity index (χ3v) is 5.24. The van der Waals surface area contributed by atoms with Crippen LogP contribution in [0.15, 0.2) is 85.1 Å². The Balaban J connectivity index is 1.31. The Morgan fingerprint density at radius 1 is 0.829 bits per heavy atom. The number of imidazole rings is 1. The summed E-state index contributed by atoms with van der Waals surface area (Å²) < 4.78 is 26.9. The van der Waals surface area contributed by atoms with Crippen molar-refractivity contribution in [3.05, 3.63) is 108 Å². The number of nitrogens with one attached hydrogen (secondary N) is 3. The number of aromatic amines is 1. The minimum atomic E-state index is -0.936. The summed E-state index contributed by atoms with van der Waals surface area (Å²) in [6.45, 7) is 0. The first-order valence-electron chi connectivity index (χ1n) is 10.6. The van der Waals surface area contributed by atoms with Crippen molar-refractivity contribution >= 4 is 34.4 Å². The summed E-state index contributed by atoms with van der Waals surface area (Å²) in [5.74, 6) is -1.71. The van der Waals surface area contributed by atoms with E-state index in [2.05, 4.69) is 25.6 Å². The van der Waals surface area contributed by atoms with E-state index in [-0.39, 0.29) is 11.5 Å². The van der Waals surface area contributed by atoms with Gasteiger partial charge >= 0.3 is 0 Å². The van der Waals surface area contributed by atoms with E-state index in [1.54, 1.807) is 60.8 Å². The zero-order chi connectivity index (χ0) is 24.4. The molecule has 3 aromatic carbocycles. The van der Waals surface area contributed by atoms with Crippen LogP contribution in [0.25, 0.3) is 22.4 Å². The van der Waals surface area contributed by atoms with Gasteiger partial charge in [-0.3, -0.25) is 9.59 Å². The van der Waals surface area contributed by atoms with Crippen molar-refractivity contribution in [2.24, 2.45) is 0 Å². The molecule has 0 radical (unpaired) electrons. The van der Waals surface area contributed by atoms with Crippen molar-refractivity contribution in [1.82, 2.24) is 15.0 Å². The number of rotatable bonds is 5. The van der Waals surface area contributed by atoms with Gasteiger partial charge < -0.3 is 15.6 Å². The van der Waals surface area contributed by atoms with E-state index < -0.39 is 17.5 Å². The van der Waals surface area contributed by atoms with Crippen LogP contribution in [-0.2, 0) is 0 Å². The standard InChI is InChI=1S/C26H17F2N5O2/c27-17-8-11-19(20(28)12-17)26(35)30-18-9-6-15(7-10-18)24-31-21-13-23(29-14-22(21)32-24)33-25(34)16-4-2-1-3-5-16/h1-14H,(H,30,35)(H,31,32)(H,29,33,34). The third kappa shape index (κ3) is 4.74. The molecule has 35 heavy (non-hydrogen) atoms. The van der Waals surface area contributed by atoms with Crippen molar-refractivity contribution < 1.29 is 18.4 Å². The molecule has 0 saturated carbocycles. The summed E-state index contributed by atoms with van der Waals surface area (Å²) in [6.07, 6.45) is 1.58. The van der Waals surface area contributed by atoms with E-state index in [1.165, 1.54) is 0 Å². The Kier molecular flexibility index (Phi) is 5.72. The van der Waals surface area contributed by atoms with Crippen LogP contribution in [0.1, 0.15) is 20.7 Å². The SMILES string of the molecule is O=C(Nc1cc2nc(-c3ccc(NC(=O)c4ccc(F)cc4F)cc3)[nH]c2cn1)c1ccccc1. The Morgan fingerprint density at radius 2 is 1.60 bits per heavy atom. The number of benzene rings is 3. The first kappa shape index (κ1) is 21.9. The maximum absolute atomic E-state index is 13.8. The highest BCUT2D eigenvalue weighted by Crippen LogP contribution is 2.24. The first-order chi connectivity index (χ1) is 17.0. The molecule has 172 valence electrons. The molecule has 9 heteroatoms. The Hall–Kier alpha value is -4.92. The minimum absolute atomic E-state index is 0.254. The first-order valence-corrected chi connectivity index (χ1v) is 10.6. The number of nitrogens with zero attached hydrogens (tertiary/aromatic N) is 2. The van der Waals surface area contributed by atoms with E-state index in [0.29, 0.717) is 40.0 Å². The van der Waals surface area contributed by atoms with Crippen LogP contribution in [0.5, 0.6) is 0 Å². The van der Waals surface area contributed by atoms with Gasteiger partial charge in [0.15, 0.2) is 0 Å². The number of amides is 2. The Labute approximate surface area is 197 Å². The maximum atomic E-state index is 13.8. The van der Waals surface area contributed by atoms with Crippen LogP contribution in [0.4, 0.5) is 20.3 Å². The third-order valence-electron chi connectivity index (χ3n) is 5.24. The summed E-state index contributed by atoms with van der Waals surface area (Å²) in [7, 11) is 0. The Bertz CT molecular complexity index is 1550. The molecular weight excluding hydrogens is 452 g/mol. The second-order valence-electron chi connectivity index (χ2n) is 7.65. The number of carbonyl (C=O) groups excluding carboxylic acids is 2. The normalized spacial score (nSPS) is 10.8. The van der Waals surface area contributed by atoms with Crippen LogP contribution in [-0.4, -0.2) is 26.8 Å². The van der Waals surface area contributed by atoms with Gasteiger partial charge in [0.2, 0.25) is 0 Å². The van der Waals surface area contributed by atoms with E-state index >= 15 is 0 Å². The van der Waals surface area contributed by atoms with Crippen LogP contribution >= 0.6 is 0 Å². The minimum Gasteiger partial charge on any atom is -0.337 e. The molecule has 0 saturated heterocycles. The molecular formula is C26H17F2N5O2. The highest BCUT2D eigenvalue weighted by atomic mass is 19.1. The zero-order valence-corrected chi connectivity index (χ0v) is 18.0. The largest absolute Gasteiger partial charge is 0.337 e. The quantitative estimate of drug-likeness (QED) is 0.321. The zero-order valence-electron chi connectivity index (χ0n) is 18.0. The van der Waals surface area contributed by atoms with E-state index in [0.717, 1.165) is 17.7 Å². The van der Waals surface area contributed by atoms with Gasteiger partial charge in [-0.25, -0.2) is 18.7 Å². The molecule has 3 N–H and O–H groups in total. The summed E-state index contributed by atoms with van der Waals surface area (Å²) in [4.78, 5) is 36.6. The van der Waals surface area contributed by atoms with Crippen molar-refractivity contribution in [1.29, 1.82) is 0 Å². The fraction of sp³-hybridized carbons (Fsp3) is 0. The van der Waals surface area contributed by atoms with Gasteiger partial charge in [-0.2, -0.15) is 0 Å². The molecule has 2 heterocycles. The molecule has 0 unspecified atom stereocenters. The molecule has 0 aliphatic rings. The van der Waals surface area contributed by atoms with Gasteiger partial charge in [-0.1, -0.05) is 18.2 Å². The second kappa shape index (κ2) is 9.14. The lowest BCUT2D eigenvalue weighted by atomic mass is 10.1. The van der Waals surface area contributed by atoms with Crippen molar-refractivity contribution in [2.75, 3.05) is 10.6 Å². The molecule has 5 aromatic rings. The highest BCUT2D eigenvalue weighted by molar-refractivity contribution is 6.05. The summed E-state index contributed by atoms with van der Waals surface area (Å²) in [5.41, 5.74) is 2.74. The number of H-pyrrole nitrogens is 1. The van der Waals surface area contributed by atoms with Gasteiger partial charge in [-0.15, -0.1) is 0 Å². The molecule has 0 aliphatic carbocycles. The smallest absolute Gasteiger partial charge is 0.258 e. The summed E-state index contributed by atoms with van der Waals surface area (Å²) in [6, 6.07) is 20.0. The van der Waals surface area contributed by atoms with E-state index in [4.69, 9.17) is 0 Å². The second-order valence-corrected chi connectivity index (χ2v) is 7.65. The van der Waals surface area contributed by atoms with Crippen molar-refractivity contribution in [3.8, 4) is 11.4 Å². The molecule has 2 amide bonds. The average Bonchev–Trinajstić information content (AvgIpc) is 3.28. The number of hydrogen-bond acceptors (Lipinski definition) is 4. The molecule has 5 rings (SSSR count). The lowest BCUT2D eigenvalue weighted by Gasteiger charge is -2.07. The van der Waals surface area contributed by atoms with Crippen LogP contribution < -0.4 is 10.6 Å². The van der Waals surface area contributed by atoms with Crippen molar-refractivity contribution in [2.45, 2.75) is 0 Å². The molecule has 2 aromatic heterocycles. The number of aromatic nitrogens is 3. The van der Waals surface area contributed by atoms with E-state index in [9.17, 15) is 18.4 Å². The number of pyridine rings is 1. The van der Waals surface area contributed by atoms with Gasteiger partial charge in [0.05, 0.1) is 22.8 Å². The summed E-state index contributed by atoms with van der Waals surface area (Å²) >= 11 is 0. The van der Waals surface area contributed by atoms with Gasteiger partial charge in [-0.05, 0) is 48.5 Å². The van der Waals surface area contributed by atoms with Crippen LogP contribution in [0.2, 0.25) is 0 Å². The highest BCUT2D eigenvalue weighted by Gasteiger charge is 2.14. The number of hydrogen-bond donors (Lipinski definition) is 3. The van der Waals surface area contributed by atoms with E-state index in [1.807, 2.05) is 6.07 Å². The summed E-state index contributed by atoms with van der Waals surface area (Å²) in [5, 5.41) is 5.33. The maximum Gasteiger partial charge on any atom is 0.258 e. The van der Waals surface area contributed by atoms with Gasteiger partial charge in [0.1, 0.15) is 23.3 Å². The molecule has 0 spiro atoms.